The molecule has 1 aromatic rings. The third kappa shape index (κ3) is 4.71. The van der Waals surface area contributed by atoms with Crippen LogP contribution in [0.25, 0.3) is 0 Å². The van der Waals surface area contributed by atoms with Crippen molar-refractivity contribution in [2.75, 3.05) is 20.9 Å². The molecule has 1 aromatic carbocycles. The van der Waals surface area contributed by atoms with E-state index in [2.05, 4.69) is 9.44 Å². The fourth-order valence-electron chi connectivity index (χ4n) is 1.31. The van der Waals surface area contributed by atoms with Gasteiger partial charge in [-0.1, -0.05) is 6.07 Å². The zero-order valence-electron chi connectivity index (χ0n) is 11.1. The summed E-state index contributed by atoms with van der Waals surface area (Å²) in [6, 6.07) is 4.83. The van der Waals surface area contributed by atoms with E-state index >= 15 is 0 Å². The van der Waals surface area contributed by atoms with Crippen LogP contribution in [0.3, 0.4) is 0 Å². The minimum absolute atomic E-state index is 0.0824. The van der Waals surface area contributed by atoms with Gasteiger partial charge in [-0.05, 0) is 38.5 Å². The number of hydrogen-bond acceptors (Lipinski definition) is 4. The van der Waals surface area contributed by atoms with Crippen molar-refractivity contribution in [3.05, 3.63) is 23.8 Å². The van der Waals surface area contributed by atoms with E-state index < -0.39 is 20.0 Å². The van der Waals surface area contributed by atoms with Crippen molar-refractivity contribution in [1.82, 2.24) is 0 Å². The molecule has 0 saturated heterocycles. The van der Waals surface area contributed by atoms with Crippen molar-refractivity contribution < 1.29 is 16.8 Å². The Bertz CT molecular complexity index is 651. The second kappa shape index (κ2) is 5.79. The molecule has 0 aliphatic heterocycles. The van der Waals surface area contributed by atoms with E-state index in [4.69, 9.17) is 0 Å². The monoisotopic (exact) mass is 306 g/mol. The largest absolute Gasteiger partial charge is 0.281 e. The normalized spacial score (nSPS) is 12.2. The molecule has 0 radical (unpaired) electrons. The van der Waals surface area contributed by atoms with Gasteiger partial charge in [-0.25, -0.2) is 16.8 Å². The number of aryl methyl sites for hydroxylation is 1. The van der Waals surface area contributed by atoms with Gasteiger partial charge in [-0.2, -0.15) is 0 Å². The van der Waals surface area contributed by atoms with Crippen molar-refractivity contribution in [3.63, 3.8) is 0 Å². The highest BCUT2D eigenvalue weighted by atomic mass is 32.2. The molecule has 8 heteroatoms. The Balaban J connectivity index is 3.19. The Morgan fingerprint density at radius 3 is 1.84 bits per heavy atom. The lowest BCUT2D eigenvalue weighted by Crippen LogP contribution is -2.19. The smallest absolute Gasteiger partial charge is 0.232 e. The Morgan fingerprint density at radius 1 is 0.895 bits per heavy atom. The molecule has 0 aliphatic carbocycles. The number of nitrogens with one attached hydrogen (secondary N) is 2. The zero-order chi connectivity index (χ0) is 14.7. The van der Waals surface area contributed by atoms with Gasteiger partial charge in [0.05, 0.1) is 22.9 Å². The molecule has 0 unspecified atom stereocenters. The second-order valence-electron chi connectivity index (χ2n) is 4.06. The van der Waals surface area contributed by atoms with E-state index in [1.165, 1.54) is 19.9 Å². The van der Waals surface area contributed by atoms with Gasteiger partial charge >= 0.3 is 0 Å². The molecule has 1 rings (SSSR count). The highest BCUT2D eigenvalue weighted by Crippen LogP contribution is 2.25. The zero-order valence-corrected chi connectivity index (χ0v) is 12.7. The molecule has 0 amide bonds. The minimum atomic E-state index is -3.46. The summed E-state index contributed by atoms with van der Waals surface area (Å²) in [6.45, 7) is 4.81. The second-order valence-corrected chi connectivity index (χ2v) is 8.08. The number of sulfonamides is 2. The van der Waals surface area contributed by atoms with Crippen LogP contribution >= 0.6 is 0 Å². The third-order valence-corrected chi connectivity index (χ3v) is 5.05. The van der Waals surface area contributed by atoms with Crippen molar-refractivity contribution >= 4 is 31.4 Å². The molecule has 0 fully saturated rings. The summed E-state index contributed by atoms with van der Waals surface area (Å²) in [7, 11) is -6.91. The predicted molar refractivity (Wildman–Crippen MR) is 77.3 cm³/mol. The third-order valence-electron chi connectivity index (χ3n) is 2.47. The number of benzene rings is 1. The van der Waals surface area contributed by atoms with E-state index in [-0.39, 0.29) is 22.9 Å². The van der Waals surface area contributed by atoms with Gasteiger partial charge < -0.3 is 0 Å². The van der Waals surface area contributed by atoms with Crippen LogP contribution in [0.2, 0.25) is 0 Å². The van der Waals surface area contributed by atoms with E-state index in [9.17, 15) is 16.8 Å². The number of hydrogen-bond donors (Lipinski definition) is 2. The van der Waals surface area contributed by atoms with Crippen LogP contribution < -0.4 is 9.44 Å². The van der Waals surface area contributed by atoms with Gasteiger partial charge in [0.15, 0.2) is 0 Å². The van der Waals surface area contributed by atoms with Crippen molar-refractivity contribution in [1.29, 1.82) is 0 Å². The minimum Gasteiger partial charge on any atom is -0.281 e. The molecular formula is C11H18N2O4S2. The maximum absolute atomic E-state index is 11.6. The van der Waals surface area contributed by atoms with Crippen LogP contribution in [0, 0.1) is 6.92 Å². The fraction of sp³-hybridized carbons (Fsp3) is 0.455. The average Bonchev–Trinajstić information content (AvgIpc) is 2.32. The van der Waals surface area contributed by atoms with Gasteiger partial charge in [-0.15, -0.1) is 0 Å². The Morgan fingerprint density at radius 2 is 1.37 bits per heavy atom. The lowest BCUT2D eigenvalue weighted by molar-refractivity contribution is 0.600. The van der Waals surface area contributed by atoms with Crippen molar-refractivity contribution in [2.45, 2.75) is 20.8 Å². The molecule has 0 bridgehead atoms. The Hall–Kier alpha value is -1.28. The van der Waals surface area contributed by atoms with Gasteiger partial charge in [0.2, 0.25) is 20.0 Å². The van der Waals surface area contributed by atoms with Crippen LogP contribution in [0.1, 0.15) is 19.4 Å². The first kappa shape index (κ1) is 15.8. The first-order valence-corrected chi connectivity index (χ1v) is 9.11. The summed E-state index contributed by atoms with van der Waals surface area (Å²) in [5.41, 5.74) is 1.29. The fourth-order valence-corrected chi connectivity index (χ4v) is 2.62. The number of rotatable bonds is 6. The Labute approximate surface area is 114 Å². The molecule has 0 saturated carbocycles. The Kier molecular flexibility index (Phi) is 4.81. The van der Waals surface area contributed by atoms with Gasteiger partial charge in [0, 0.05) is 0 Å². The summed E-state index contributed by atoms with van der Waals surface area (Å²) in [5, 5.41) is 0. The van der Waals surface area contributed by atoms with E-state index in [0.29, 0.717) is 0 Å². The van der Waals surface area contributed by atoms with Crippen LogP contribution in [-0.2, 0) is 20.0 Å². The molecule has 2 N–H and O–H groups in total. The van der Waals surface area contributed by atoms with Gasteiger partial charge in [-0.3, -0.25) is 9.44 Å². The summed E-state index contributed by atoms with van der Waals surface area (Å²) >= 11 is 0. The summed E-state index contributed by atoms with van der Waals surface area (Å²) < 4.78 is 51.0. The lowest BCUT2D eigenvalue weighted by atomic mass is 10.2. The van der Waals surface area contributed by atoms with Crippen LogP contribution in [0.5, 0.6) is 0 Å². The first-order valence-electron chi connectivity index (χ1n) is 5.80. The quantitative estimate of drug-likeness (QED) is 0.833. The van der Waals surface area contributed by atoms with Crippen LogP contribution in [0.15, 0.2) is 18.2 Å². The van der Waals surface area contributed by atoms with E-state index in [1.54, 1.807) is 19.1 Å². The van der Waals surface area contributed by atoms with Crippen molar-refractivity contribution in [3.8, 4) is 0 Å². The standard InChI is InChI=1S/C11H18N2O4S2/c1-4-18(14,15)12-10-7-6-9(3)8-11(10)13-19(16,17)5-2/h6-8,12-13H,4-5H2,1-3H3. The number of anilines is 2. The molecule has 0 heterocycles. The molecule has 19 heavy (non-hydrogen) atoms. The lowest BCUT2D eigenvalue weighted by Gasteiger charge is -2.14. The van der Waals surface area contributed by atoms with Gasteiger partial charge in [0.1, 0.15) is 0 Å². The molecule has 108 valence electrons. The summed E-state index contributed by atoms with van der Waals surface area (Å²) in [5.74, 6) is -0.165. The molecule has 0 atom stereocenters. The molecule has 0 spiro atoms. The first-order chi connectivity index (χ1) is 8.69. The highest BCUT2D eigenvalue weighted by molar-refractivity contribution is 7.93. The maximum atomic E-state index is 11.6. The topological polar surface area (TPSA) is 92.3 Å². The van der Waals surface area contributed by atoms with E-state index in [1.807, 2.05) is 0 Å². The molecular weight excluding hydrogens is 288 g/mol. The van der Waals surface area contributed by atoms with Crippen LogP contribution in [0.4, 0.5) is 11.4 Å². The summed E-state index contributed by atoms with van der Waals surface area (Å²) in [6.07, 6.45) is 0. The SMILES string of the molecule is CCS(=O)(=O)Nc1ccc(C)cc1NS(=O)(=O)CC. The van der Waals surface area contributed by atoms with Crippen molar-refractivity contribution in [2.24, 2.45) is 0 Å². The average molecular weight is 306 g/mol. The van der Waals surface area contributed by atoms with E-state index in [0.717, 1.165) is 5.56 Å². The van der Waals surface area contributed by atoms with Crippen LogP contribution in [-0.4, -0.2) is 28.3 Å². The molecule has 6 nitrogen and oxygen atoms in total. The predicted octanol–water partition coefficient (Wildman–Crippen LogP) is 1.52. The summed E-state index contributed by atoms with van der Waals surface area (Å²) in [4.78, 5) is 0. The molecule has 0 aliphatic rings. The molecule has 0 aromatic heterocycles. The highest BCUT2D eigenvalue weighted by Gasteiger charge is 2.14. The maximum Gasteiger partial charge on any atom is 0.232 e. The van der Waals surface area contributed by atoms with Gasteiger partial charge in [0.25, 0.3) is 0 Å².